The SMILES string of the molecule is COc1ccc(N2CCN(c3ccc(=O)n(CC(=O)NC4CCCCCC4)n3)CC2)cc1. The van der Waals surface area contributed by atoms with Gasteiger partial charge in [0.15, 0.2) is 0 Å². The average Bonchev–Trinajstić information content (AvgIpc) is 3.09. The van der Waals surface area contributed by atoms with Gasteiger partial charge in [0, 0.05) is 44.0 Å². The van der Waals surface area contributed by atoms with Gasteiger partial charge in [-0.3, -0.25) is 9.59 Å². The second-order valence-electron chi connectivity index (χ2n) is 8.62. The highest BCUT2D eigenvalue weighted by atomic mass is 16.5. The third kappa shape index (κ3) is 5.60. The van der Waals surface area contributed by atoms with Crippen LogP contribution in [0.5, 0.6) is 5.75 Å². The Labute approximate surface area is 189 Å². The Morgan fingerprint density at radius 1 is 0.969 bits per heavy atom. The van der Waals surface area contributed by atoms with Gasteiger partial charge < -0.3 is 19.9 Å². The molecule has 1 N–H and O–H groups in total. The summed E-state index contributed by atoms with van der Waals surface area (Å²) in [5, 5.41) is 7.60. The normalized spacial score (nSPS) is 17.7. The molecule has 2 fully saturated rings. The summed E-state index contributed by atoms with van der Waals surface area (Å²) in [6.07, 6.45) is 6.82. The minimum absolute atomic E-state index is 0.0328. The Bertz CT molecular complexity index is 943. The van der Waals surface area contributed by atoms with Crippen LogP contribution < -0.4 is 25.4 Å². The highest BCUT2D eigenvalue weighted by molar-refractivity contribution is 5.76. The zero-order valence-electron chi connectivity index (χ0n) is 18.8. The molecule has 2 aliphatic rings. The molecule has 4 rings (SSSR count). The summed E-state index contributed by atoms with van der Waals surface area (Å²) >= 11 is 0. The quantitative estimate of drug-likeness (QED) is 0.697. The van der Waals surface area contributed by atoms with Crippen molar-refractivity contribution in [1.29, 1.82) is 0 Å². The van der Waals surface area contributed by atoms with Gasteiger partial charge in [-0.2, -0.15) is 5.10 Å². The first-order valence-corrected chi connectivity index (χ1v) is 11.6. The van der Waals surface area contributed by atoms with Gasteiger partial charge in [-0.25, -0.2) is 4.68 Å². The monoisotopic (exact) mass is 439 g/mol. The van der Waals surface area contributed by atoms with E-state index in [9.17, 15) is 9.59 Å². The van der Waals surface area contributed by atoms with E-state index in [1.807, 2.05) is 12.1 Å². The Morgan fingerprint density at radius 3 is 2.28 bits per heavy atom. The Hall–Kier alpha value is -3.03. The van der Waals surface area contributed by atoms with Gasteiger partial charge in [0.25, 0.3) is 5.56 Å². The van der Waals surface area contributed by atoms with Crippen LogP contribution in [0.25, 0.3) is 0 Å². The lowest BCUT2D eigenvalue weighted by Gasteiger charge is -2.36. The lowest BCUT2D eigenvalue weighted by molar-refractivity contribution is -0.122. The summed E-state index contributed by atoms with van der Waals surface area (Å²) in [6.45, 7) is 3.27. The van der Waals surface area contributed by atoms with E-state index in [-0.39, 0.29) is 24.1 Å². The van der Waals surface area contributed by atoms with E-state index in [1.165, 1.54) is 29.3 Å². The third-order valence-corrected chi connectivity index (χ3v) is 6.41. The molecule has 2 aromatic rings. The van der Waals surface area contributed by atoms with Gasteiger partial charge in [-0.15, -0.1) is 0 Å². The van der Waals surface area contributed by atoms with Crippen LogP contribution in [0.1, 0.15) is 38.5 Å². The van der Waals surface area contributed by atoms with E-state index in [4.69, 9.17) is 4.74 Å². The summed E-state index contributed by atoms with van der Waals surface area (Å²) < 4.78 is 6.53. The first kappa shape index (κ1) is 22.2. The lowest BCUT2D eigenvalue weighted by Crippen LogP contribution is -2.47. The molecule has 0 unspecified atom stereocenters. The fourth-order valence-corrected chi connectivity index (χ4v) is 4.54. The van der Waals surface area contributed by atoms with E-state index < -0.39 is 0 Å². The molecule has 1 aromatic carbocycles. The number of rotatable bonds is 6. The summed E-state index contributed by atoms with van der Waals surface area (Å²) in [5.41, 5.74) is 0.917. The maximum Gasteiger partial charge on any atom is 0.267 e. The molecule has 1 aliphatic heterocycles. The van der Waals surface area contributed by atoms with Gasteiger partial charge in [-0.05, 0) is 43.2 Å². The third-order valence-electron chi connectivity index (χ3n) is 6.41. The molecule has 0 bridgehead atoms. The number of benzene rings is 1. The summed E-state index contributed by atoms with van der Waals surface area (Å²) in [4.78, 5) is 29.3. The number of methoxy groups -OCH3 is 1. The second-order valence-corrected chi connectivity index (χ2v) is 8.62. The number of carbonyl (C=O) groups is 1. The van der Waals surface area contributed by atoms with Crippen LogP contribution in [0.2, 0.25) is 0 Å². The van der Waals surface area contributed by atoms with Crippen LogP contribution in [0.4, 0.5) is 11.5 Å². The molecule has 1 aliphatic carbocycles. The van der Waals surface area contributed by atoms with Gasteiger partial charge in [-0.1, -0.05) is 25.7 Å². The van der Waals surface area contributed by atoms with Crippen molar-refractivity contribution >= 4 is 17.4 Å². The number of nitrogens with one attached hydrogen (secondary N) is 1. The smallest absolute Gasteiger partial charge is 0.267 e. The molecule has 1 amide bonds. The summed E-state index contributed by atoms with van der Waals surface area (Å²) in [6, 6.07) is 11.6. The van der Waals surface area contributed by atoms with Crippen LogP contribution in [0.3, 0.4) is 0 Å². The molecule has 0 radical (unpaired) electrons. The van der Waals surface area contributed by atoms with Crippen molar-refractivity contribution in [1.82, 2.24) is 15.1 Å². The van der Waals surface area contributed by atoms with E-state index >= 15 is 0 Å². The molecule has 1 saturated heterocycles. The highest BCUT2D eigenvalue weighted by Gasteiger charge is 2.20. The van der Waals surface area contributed by atoms with Crippen LogP contribution in [0, 0.1) is 0 Å². The summed E-state index contributed by atoms with van der Waals surface area (Å²) in [7, 11) is 1.67. The van der Waals surface area contributed by atoms with E-state index in [0.29, 0.717) is 0 Å². The molecular weight excluding hydrogens is 406 g/mol. The van der Waals surface area contributed by atoms with Crippen molar-refractivity contribution in [2.45, 2.75) is 51.1 Å². The Morgan fingerprint density at radius 2 is 1.62 bits per heavy atom. The lowest BCUT2D eigenvalue weighted by atomic mass is 10.1. The van der Waals surface area contributed by atoms with Gasteiger partial charge in [0.05, 0.1) is 7.11 Å². The molecular formula is C24H33N5O3. The standard InChI is InChI=1S/C24H33N5O3/c1-32-21-10-8-20(9-11-21)27-14-16-28(17-15-27)22-12-13-24(31)29(26-22)18-23(30)25-19-6-4-2-3-5-7-19/h8-13,19H,2-7,14-18H2,1H3,(H,25,30). The van der Waals surface area contributed by atoms with Crippen molar-refractivity contribution in [3.8, 4) is 5.75 Å². The number of amides is 1. The van der Waals surface area contributed by atoms with Gasteiger partial charge >= 0.3 is 0 Å². The largest absolute Gasteiger partial charge is 0.497 e. The minimum Gasteiger partial charge on any atom is -0.497 e. The van der Waals surface area contributed by atoms with E-state index in [1.54, 1.807) is 13.2 Å². The number of carbonyl (C=O) groups excluding carboxylic acids is 1. The Balaban J connectivity index is 1.35. The number of hydrogen-bond donors (Lipinski definition) is 1. The topological polar surface area (TPSA) is 79.7 Å². The van der Waals surface area contributed by atoms with Crippen molar-refractivity contribution in [2.75, 3.05) is 43.1 Å². The van der Waals surface area contributed by atoms with Gasteiger partial charge in [0.1, 0.15) is 18.1 Å². The molecule has 1 aromatic heterocycles. The molecule has 8 heteroatoms. The predicted octanol–water partition coefficient (Wildman–Crippen LogP) is 2.42. The molecule has 0 spiro atoms. The number of hydrogen-bond acceptors (Lipinski definition) is 6. The van der Waals surface area contributed by atoms with E-state index in [2.05, 4.69) is 32.3 Å². The average molecular weight is 440 g/mol. The zero-order chi connectivity index (χ0) is 22.3. The molecule has 1 saturated carbocycles. The van der Waals surface area contributed by atoms with Crippen molar-refractivity contribution in [2.24, 2.45) is 0 Å². The minimum atomic E-state index is -0.248. The molecule has 172 valence electrons. The van der Waals surface area contributed by atoms with Crippen LogP contribution in [-0.2, 0) is 11.3 Å². The van der Waals surface area contributed by atoms with E-state index in [0.717, 1.165) is 63.4 Å². The maximum absolute atomic E-state index is 12.5. The zero-order valence-corrected chi connectivity index (χ0v) is 18.8. The van der Waals surface area contributed by atoms with Crippen molar-refractivity contribution < 1.29 is 9.53 Å². The van der Waals surface area contributed by atoms with Gasteiger partial charge in [0.2, 0.25) is 5.91 Å². The highest BCUT2D eigenvalue weighted by Crippen LogP contribution is 2.22. The molecule has 8 nitrogen and oxygen atoms in total. The molecule has 32 heavy (non-hydrogen) atoms. The van der Waals surface area contributed by atoms with Crippen LogP contribution in [0.15, 0.2) is 41.2 Å². The molecule has 0 atom stereocenters. The fraction of sp³-hybridized carbons (Fsp3) is 0.542. The first-order chi connectivity index (χ1) is 15.6. The van der Waals surface area contributed by atoms with Crippen LogP contribution in [-0.4, -0.2) is 55.0 Å². The predicted molar refractivity (Wildman–Crippen MR) is 126 cm³/mol. The van der Waals surface area contributed by atoms with Crippen molar-refractivity contribution in [3.63, 3.8) is 0 Å². The Kier molecular flexibility index (Phi) is 7.29. The maximum atomic E-state index is 12.5. The number of aromatic nitrogens is 2. The number of ether oxygens (including phenoxy) is 1. The number of nitrogens with zero attached hydrogens (tertiary/aromatic N) is 4. The molecule has 2 heterocycles. The number of piperazine rings is 1. The first-order valence-electron chi connectivity index (χ1n) is 11.6. The second kappa shape index (κ2) is 10.5. The number of anilines is 2. The fourth-order valence-electron chi connectivity index (χ4n) is 4.54. The van der Waals surface area contributed by atoms with Crippen molar-refractivity contribution in [3.05, 3.63) is 46.8 Å². The summed E-state index contributed by atoms with van der Waals surface area (Å²) in [5.74, 6) is 1.45. The van der Waals surface area contributed by atoms with Crippen LogP contribution >= 0.6 is 0 Å².